The molecule has 0 unspecified atom stereocenters. The summed E-state index contributed by atoms with van der Waals surface area (Å²) in [4.78, 5) is 27.5. The highest BCUT2D eigenvalue weighted by molar-refractivity contribution is 6.36. The van der Waals surface area contributed by atoms with Gasteiger partial charge in [-0.2, -0.15) is 0 Å². The van der Waals surface area contributed by atoms with Gasteiger partial charge in [-0.05, 0) is 55.9 Å². The number of carbonyl (C=O) groups excluding carboxylic acids is 1. The van der Waals surface area contributed by atoms with Gasteiger partial charge in [0.15, 0.2) is 0 Å². The lowest BCUT2D eigenvalue weighted by molar-refractivity contribution is -0.138. The van der Waals surface area contributed by atoms with Gasteiger partial charge in [0.1, 0.15) is 6.10 Å². The van der Waals surface area contributed by atoms with Crippen molar-refractivity contribution < 1.29 is 23.8 Å². The van der Waals surface area contributed by atoms with Crippen molar-refractivity contribution in [3.05, 3.63) is 52.5 Å². The SMILES string of the molecule is O=C(O)C[C@H]1CC[C@H](Oc2ccc(NC(=O)c3nnc(Nc4ccc(Cl)cc4Cl)o3)cn2)CC1. The molecule has 0 spiro atoms. The summed E-state index contributed by atoms with van der Waals surface area (Å²) in [6.07, 6.45) is 4.86. The Balaban J connectivity index is 1.28. The lowest BCUT2D eigenvalue weighted by Crippen LogP contribution is -2.25. The number of amides is 1. The summed E-state index contributed by atoms with van der Waals surface area (Å²) in [5, 5.41) is 22.7. The number of nitrogens with zero attached hydrogens (tertiary/aromatic N) is 3. The molecule has 2 aromatic heterocycles. The molecule has 12 heteroatoms. The predicted molar refractivity (Wildman–Crippen MR) is 125 cm³/mol. The van der Waals surface area contributed by atoms with Crippen LogP contribution >= 0.6 is 23.2 Å². The van der Waals surface area contributed by atoms with Crippen LogP contribution in [-0.2, 0) is 4.79 Å². The Kier molecular flexibility index (Phi) is 7.49. The number of ether oxygens (including phenoxy) is 1. The number of nitrogens with one attached hydrogen (secondary N) is 2. The Morgan fingerprint density at radius 2 is 1.91 bits per heavy atom. The van der Waals surface area contributed by atoms with Crippen molar-refractivity contribution in [2.75, 3.05) is 10.6 Å². The van der Waals surface area contributed by atoms with Crippen molar-refractivity contribution >= 4 is 52.5 Å². The zero-order valence-corrected chi connectivity index (χ0v) is 19.3. The van der Waals surface area contributed by atoms with Gasteiger partial charge in [-0.15, -0.1) is 5.10 Å². The van der Waals surface area contributed by atoms with E-state index in [-0.39, 0.29) is 30.3 Å². The summed E-state index contributed by atoms with van der Waals surface area (Å²) < 4.78 is 11.2. The number of benzene rings is 1. The van der Waals surface area contributed by atoms with Crippen LogP contribution in [0.2, 0.25) is 10.0 Å². The molecule has 1 fully saturated rings. The number of aromatic nitrogens is 3. The topological polar surface area (TPSA) is 139 Å². The number of hydrogen-bond acceptors (Lipinski definition) is 8. The third kappa shape index (κ3) is 6.36. The van der Waals surface area contributed by atoms with Crippen LogP contribution in [0, 0.1) is 5.92 Å². The largest absolute Gasteiger partial charge is 0.481 e. The number of rotatable bonds is 8. The standard InChI is InChI=1S/C22H21Cl2N5O5/c23-13-3-7-17(16(24)10-13)27-22-29-28-21(34-22)20(32)26-14-4-8-18(25-11-14)33-15-5-1-12(2-6-15)9-19(30)31/h3-4,7-8,10-12,15H,1-2,5-6,9H2,(H,26,32)(H,27,29)(H,30,31)/t12-,15-. The quantitative estimate of drug-likeness (QED) is 0.377. The van der Waals surface area contributed by atoms with E-state index in [9.17, 15) is 9.59 Å². The zero-order valence-electron chi connectivity index (χ0n) is 17.8. The Hall–Kier alpha value is -3.37. The van der Waals surface area contributed by atoms with Gasteiger partial charge < -0.3 is 24.9 Å². The van der Waals surface area contributed by atoms with E-state index in [1.54, 1.807) is 30.3 Å². The molecule has 0 aliphatic heterocycles. The molecule has 1 aliphatic rings. The minimum atomic E-state index is -0.761. The van der Waals surface area contributed by atoms with E-state index in [1.165, 1.54) is 6.20 Å². The molecule has 34 heavy (non-hydrogen) atoms. The molecule has 3 aromatic rings. The van der Waals surface area contributed by atoms with E-state index in [0.717, 1.165) is 25.7 Å². The molecule has 2 heterocycles. The third-order valence-electron chi connectivity index (χ3n) is 5.33. The average molecular weight is 506 g/mol. The van der Waals surface area contributed by atoms with Crippen LogP contribution in [0.3, 0.4) is 0 Å². The van der Waals surface area contributed by atoms with Crippen molar-refractivity contribution in [2.45, 2.75) is 38.2 Å². The van der Waals surface area contributed by atoms with Gasteiger partial charge in [-0.3, -0.25) is 9.59 Å². The summed E-state index contributed by atoms with van der Waals surface area (Å²) in [7, 11) is 0. The third-order valence-corrected chi connectivity index (χ3v) is 5.88. The summed E-state index contributed by atoms with van der Waals surface area (Å²) in [6, 6.07) is 8.15. The Bertz CT molecular complexity index is 1160. The second kappa shape index (κ2) is 10.7. The maximum absolute atomic E-state index is 12.4. The molecule has 1 aliphatic carbocycles. The molecule has 0 saturated heterocycles. The monoisotopic (exact) mass is 505 g/mol. The van der Waals surface area contributed by atoms with Gasteiger partial charge in [0.05, 0.1) is 22.6 Å². The van der Waals surface area contributed by atoms with Gasteiger partial charge in [0, 0.05) is 17.5 Å². The van der Waals surface area contributed by atoms with Crippen molar-refractivity contribution in [2.24, 2.45) is 5.92 Å². The normalized spacial score (nSPS) is 17.7. The molecule has 0 bridgehead atoms. The Morgan fingerprint density at radius 1 is 1.12 bits per heavy atom. The lowest BCUT2D eigenvalue weighted by atomic mass is 9.85. The molecule has 178 valence electrons. The number of aliphatic carboxylic acids is 1. The molecule has 1 saturated carbocycles. The molecule has 4 rings (SSSR count). The first-order chi connectivity index (χ1) is 16.4. The zero-order chi connectivity index (χ0) is 24.1. The fraction of sp³-hybridized carbons (Fsp3) is 0.318. The first kappa shape index (κ1) is 23.8. The summed E-state index contributed by atoms with van der Waals surface area (Å²) in [5.41, 5.74) is 0.924. The molecule has 3 N–H and O–H groups in total. The van der Waals surface area contributed by atoms with Crippen molar-refractivity contribution in [1.29, 1.82) is 0 Å². The lowest BCUT2D eigenvalue weighted by Gasteiger charge is -2.27. The van der Waals surface area contributed by atoms with E-state index >= 15 is 0 Å². The minimum absolute atomic E-state index is 0.00329. The van der Waals surface area contributed by atoms with Gasteiger partial charge in [0.2, 0.25) is 5.88 Å². The first-order valence-electron chi connectivity index (χ1n) is 10.6. The molecule has 10 nitrogen and oxygen atoms in total. The minimum Gasteiger partial charge on any atom is -0.481 e. The van der Waals surface area contributed by atoms with Crippen LogP contribution in [0.5, 0.6) is 5.88 Å². The summed E-state index contributed by atoms with van der Waals surface area (Å²) in [6.45, 7) is 0. The van der Waals surface area contributed by atoms with Crippen LogP contribution in [-0.4, -0.2) is 38.3 Å². The highest BCUT2D eigenvalue weighted by Gasteiger charge is 2.24. The second-order valence-corrected chi connectivity index (χ2v) is 8.70. The van der Waals surface area contributed by atoms with Crippen LogP contribution in [0.1, 0.15) is 42.8 Å². The van der Waals surface area contributed by atoms with Gasteiger partial charge in [-0.1, -0.05) is 28.3 Å². The Labute approximate surface area is 204 Å². The first-order valence-corrected chi connectivity index (χ1v) is 11.3. The van der Waals surface area contributed by atoms with Crippen LogP contribution in [0.15, 0.2) is 40.9 Å². The van der Waals surface area contributed by atoms with Crippen LogP contribution in [0.25, 0.3) is 0 Å². The molecular formula is C22H21Cl2N5O5. The number of halogens is 2. The number of carboxylic acid groups (broad SMARTS) is 1. The number of anilines is 3. The smallest absolute Gasteiger partial charge is 0.320 e. The van der Waals surface area contributed by atoms with Gasteiger partial charge in [0.25, 0.3) is 0 Å². The van der Waals surface area contributed by atoms with Gasteiger partial charge >= 0.3 is 23.8 Å². The van der Waals surface area contributed by atoms with E-state index in [4.69, 9.17) is 37.5 Å². The molecule has 0 atom stereocenters. The van der Waals surface area contributed by atoms with Crippen LogP contribution < -0.4 is 15.4 Å². The van der Waals surface area contributed by atoms with Crippen molar-refractivity contribution in [3.63, 3.8) is 0 Å². The predicted octanol–water partition coefficient (Wildman–Crippen LogP) is 5.18. The van der Waals surface area contributed by atoms with E-state index < -0.39 is 11.9 Å². The number of carboxylic acids is 1. The van der Waals surface area contributed by atoms with E-state index in [2.05, 4.69) is 25.8 Å². The van der Waals surface area contributed by atoms with Gasteiger partial charge in [-0.25, -0.2) is 4.98 Å². The summed E-state index contributed by atoms with van der Waals surface area (Å²) in [5.74, 6) is -0.973. The average Bonchev–Trinajstić information content (AvgIpc) is 3.27. The maximum Gasteiger partial charge on any atom is 0.320 e. The molecule has 0 radical (unpaired) electrons. The summed E-state index contributed by atoms with van der Waals surface area (Å²) >= 11 is 12.0. The van der Waals surface area contributed by atoms with Crippen molar-refractivity contribution in [3.8, 4) is 5.88 Å². The van der Waals surface area contributed by atoms with Crippen LogP contribution in [0.4, 0.5) is 17.4 Å². The number of carbonyl (C=O) groups is 2. The molecular weight excluding hydrogens is 485 g/mol. The Morgan fingerprint density at radius 3 is 2.59 bits per heavy atom. The molecule has 1 amide bonds. The van der Waals surface area contributed by atoms with E-state index in [1.807, 2.05) is 0 Å². The second-order valence-electron chi connectivity index (χ2n) is 7.86. The fourth-order valence-corrected chi connectivity index (χ4v) is 4.11. The highest BCUT2D eigenvalue weighted by Crippen LogP contribution is 2.30. The number of pyridine rings is 1. The fourth-order valence-electron chi connectivity index (χ4n) is 3.65. The van der Waals surface area contributed by atoms with E-state index in [0.29, 0.717) is 27.3 Å². The maximum atomic E-state index is 12.4. The number of hydrogen-bond donors (Lipinski definition) is 3. The highest BCUT2D eigenvalue weighted by atomic mass is 35.5. The molecule has 1 aromatic carbocycles. The van der Waals surface area contributed by atoms with Crippen molar-refractivity contribution in [1.82, 2.24) is 15.2 Å².